The third-order valence-corrected chi connectivity index (χ3v) is 3.22. The zero-order valence-corrected chi connectivity index (χ0v) is 11.0. The van der Waals surface area contributed by atoms with E-state index in [-0.39, 0.29) is 10.8 Å². The summed E-state index contributed by atoms with van der Waals surface area (Å²) < 4.78 is 13.1. The summed E-state index contributed by atoms with van der Waals surface area (Å²) in [4.78, 5) is 4.24. The zero-order chi connectivity index (χ0) is 14.1. The third-order valence-electron chi connectivity index (χ3n) is 2.93. The lowest BCUT2D eigenvalue weighted by molar-refractivity contribution is 0.476. The second kappa shape index (κ2) is 4.98. The molecule has 0 fully saturated rings. The highest BCUT2D eigenvalue weighted by molar-refractivity contribution is 6.31. The van der Waals surface area contributed by atoms with Gasteiger partial charge in [-0.1, -0.05) is 17.7 Å². The molecular weight excluding hydrogens is 279 g/mol. The molecule has 2 N–H and O–H groups in total. The van der Waals surface area contributed by atoms with Gasteiger partial charge in [-0.2, -0.15) is 0 Å². The number of aromatic hydroxyl groups is 1. The molecule has 3 nitrogen and oxygen atoms in total. The summed E-state index contributed by atoms with van der Waals surface area (Å²) in [6.07, 6.45) is 1.66. The number of hydrogen-bond acceptors (Lipinski definition) is 3. The van der Waals surface area contributed by atoms with E-state index in [1.54, 1.807) is 30.5 Å². The summed E-state index contributed by atoms with van der Waals surface area (Å²) in [6.45, 7) is 0. The van der Waals surface area contributed by atoms with Crippen LogP contribution in [0.4, 0.5) is 15.9 Å². The van der Waals surface area contributed by atoms with Crippen molar-refractivity contribution in [1.29, 1.82) is 0 Å². The summed E-state index contributed by atoms with van der Waals surface area (Å²) in [7, 11) is 0. The van der Waals surface area contributed by atoms with Crippen LogP contribution in [-0.4, -0.2) is 10.1 Å². The minimum Gasteiger partial charge on any atom is -0.508 e. The molecule has 0 unspecified atom stereocenters. The molecule has 0 bridgehead atoms. The van der Waals surface area contributed by atoms with Crippen molar-refractivity contribution < 1.29 is 9.50 Å². The van der Waals surface area contributed by atoms with Crippen molar-refractivity contribution in [2.24, 2.45) is 0 Å². The van der Waals surface area contributed by atoms with Crippen LogP contribution in [0.3, 0.4) is 0 Å². The van der Waals surface area contributed by atoms with E-state index >= 15 is 0 Å². The van der Waals surface area contributed by atoms with E-state index in [0.717, 1.165) is 10.8 Å². The fourth-order valence-corrected chi connectivity index (χ4v) is 2.15. The fourth-order valence-electron chi connectivity index (χ4n) is 1.97. The number of halogens is 2. The number of anilines is 2. The number of pyridine rings is 1. The Hall–Kier alpha value is -2.33. The molecule has 5 heteroatoms. The predicted octanol–water partition coefficient (Wildman–Crippen LogP) is 4.48. The third kappa shape index (κ3) is 2.38. The van der Waals surface area contributed by atoms with Crippen molar-refractivity contribution in [2.45, 2.75) is 0 Å². The summed E-state index contributed by atoms with van der Waals surface area (Å²) in [5.74, 6) is 0.257. The highest BCUT2D eigenvalue weighted by Crippen LogP contribution is 2.28. The molecule has 0 saturated carbocycles. The number of nitrogens with zero attached hydrogens (tertiary/aromatic N) is 1. The van der Waals surface area contributed by atoms with E-state index in [2.05, 4.69) is 10.3 Å². The van der Waals surface area contributed by atoms with E-state index in [0.29, 0.717) is 11.5 Å². The number of aromatic nitrogens is 1. The molecule has 3 rings (SSSR count). The molecule has 0 aliphatic rings. The summed E-state index contributed by atoms with van der Waals surface area (Å²) in [5, 5.41) is 14.4. The van der Waals surface area contributed by atoms with Gasteiger partial charge in [-0.3, -0.25) is 0 Å². The Labute approximate surface area is 119 Å². The van der Waals surface area contributed by atoms with Crippen LogP contribution in [0.2, 0.25) is 5.02 Å². The largest absolute Gasteiger partial charge is 0.508 e. The van der Waals surface area contributed by atoms with Gasteiger partial charge in [-0.25, -0.2) is 9.37 Å². The van der Waals surface area contributed by atoms with Gasteiger partial charge in [0.2, 0.25) is 0 Å². The van der Waals surface area contributed by atoms with Crippen LogP contribution < -0.4 is 5.32 Å². The normalized spacial score (nSPS) is 10.7. The molecule has 1 heterocycles. The first-order chi connectivity index (χ1) is 9.63. The maximum absolute atomic E-state index is 13.1. The second-order valence-corrected chi connectivity index (χ2v) is 4.73. The van der Waals surface area contributed by atoms with Gasteiger partial charge < -0.3 is 10.4 Å². The van der Waals surface area contributed by atoms with Gasteiger partial charge in [0.05, 0.1) is 5.02 Å². The molecule has 1 aromatic heterocycles. The van der Waals surface area contributed by atoms with Crippen molar-refractivity contribution in [3.63, 3.8) is 0 Å². The van der Waals surface area contributed by atoms with Crippen LogP contribution in [0.15, 0.2) is 48.7 Å². The quantitative estimate of drug-likeness (QED) is 0.731. The maximum Gasteiger partial charge on any atom is 0.141 e. The molecule has 0 amide bonds. The van der Waals surface area contributed by atoms with Crippen LogP contribution in [0.25, 0.3) is 10.8 Å². The monoisotopic (exact) mass is 288 g/mol. The molecule has 3 aromatic rings. The van der Waals surface area contributed by atoms with E-state index in [1.165, 1.54) is 12.1 Å². The summed E-state index contributed by atoms with van der Waals surface area (Å²) in [6, 6.07) is 11.2. The number of phenols is 1. The average molecular weight is 289 g/mol. The molecule has 0 saturated heterocycles. The van der Waals surface area contributed by atoms with Gasteiger partial charge in [0, 0.05) is 17.3 Å². The van der Waals surface area contributed by atoms with Gasteiger partial charge in [0.15, 0.2) is 0 Å². The Morgan fingerprint density at radius 1 is 1.10 bits per heavy atom. The number of benzene rings is 2. The minimum atomic E-state index is -0.472. The number of rotatable bonds is 2. The Morgan fingerprint density at radius 2 is 1.95 bits per heavy atom. The summed E-state index contributed by atoms with van der Waals surface area (Å²) >= 11 is 5.75. The second-order valence-electron chi connectivity index (χ2n) is 4.32. The minimum absolute atomic E-state index is 0.0399. The number of fused-ring (bicyclic) bond motifs is 1. The number of phenolic OH excluding ortho intramolecular Hbond substituents is 1. The number of hydrogen-bond donors (Lipinski definition) is 2. The highest BCUT2D eigenvalue weighted by Gasteiger charge is 2.06. The maximum atomic E-state index is 13.1. The molecule has 100 valence electrons. The Morgan fingerprint density at radius 3 is 2.75 bits per heavy atom. The van der Waals surface area contributed by atoms with E-state index in [4.69, 9.17) is 11.6 Å². The van der Waals surface area contributed by atoms with Crippen LogP contribution in [0.5, 0.6) is 5.75 Å². The van der Waals surface area contributed by atoms with Gasteiger partial charge in [0.25, 0.3) is 0 Å². The van der Waals surface area contributed by atoms with E-state index < -0.39 is 5.82 Å². The zero-order valence-electron chi connectivity index (χ0n) is 10.3. The van der Waals surface area contributed by atoms with Gasteiger partial charge in [-0.05, 0) is 41.8 Å². The van der Waals surface area contributed by atoms with Crippen molar-refractivity contribution in [2.75, 3.05) is 5.32 Å². The molecule has 0 radical (unpaired) electrons. The average Bonchev–Trinajstić information content (AvgIpc) is 2.44. The van der Waals surface area contributed by atoms with Gasteiger partial charge >= 0.3 is 0 Å². The van der Waals surface area contributed by atoms with Gasteiger partial charge in [0.1, 0.15) is 17.4 Å². The predicted molar refractivity (Wildman–Crippen MR) is 78.1 cm³/mol. The Balaban J connectivity index is 2.05. The topological polar surface area (TPSA) is 45.2 Å². The first-order valence-corrected chi connectivity index (χ1v) is 6.31. The molecule has 0 atom stereocenters. The lowest BCUT2D eigenvalue weighted by Crippen LogP contribution is -1.95. The lowest BCUT2D eigenvalue weighted by atomic mass is 10.1. The fraction of sp³-hybridized carbons (Fsp3) is 0. The van der Waals surface area contributed by atoms with Crippen molar-refractivity contribution in [3.8, 4) is 5.75 Å². The van der Waals surface area contributed by atoms with Crippen molar-refractivity contribution >= 4 is 33.9 Å². The van der Waals surface area contributed by atoms with E-state index in [1.807, 2.05) is 6.07 Å². The van der Waals surface area contributed by atoms with Crippen LogP contribution in [-0.2, 0) is 0 Å². The molecular formula is C15H10ClFN2O. The lowest BCUT2D eigenvalue weighted by Gasteiger charge is -2.09. The van der Waals surface area contributed by atoms with Gasteiger partial charge in [-0.15, -0.1) is 0 Å². The highest BCUT2D eigenvalue weighted by atomic mass is 35.5. The smallest absolute Gasteiger partial charge is 0.141 e. The molecule has 0 spiro atoms. The molecule has 2 aromatic carbocycles. The van der Waals surface area contributed by atoms with Crippen LogP contribution in [0.1, 0.15) is 0 Å². The number of nitrogens with one attached hydrogen (secondary N) is 1. The Bertz CT molecular complexity index is 792. The molecule has 0 aliphatic heterocycles. The van der Waals surface area contributed by atoms with Crippen molar-refractivity contribution in [1.82, 2.24) is 4.98 Å². The Kier molecular flexibility index (Phi) is 3.16. The molecule has 0 aliphatic carbocycles. The first-order valence-electron chi connectivity index (χ1n) is 5.93. The van der Waals surface area contributed by atoms with Crippen LogP contribution in [0, 0.1) is 5.82 Å². The first kappa shape index (κ1) is 12.7. The van der Waals surface area contributed by atoms with Crippen LogP contribution >= 0.6 is 11.6 Å². The molecule has 20 heavy (non-hydrogen) atoms. The standard InChI is InChI=1S/C15H10ClFN2O/c16-13-7-10(2-4-14(13)17)19-15-12-8-11(20)3-1-9(12)5-6-18-15/h1-8,20H,(H,18,19). The SMILES string of the molecule is Oc1ccc2ccnc(Nc3ccc(F)c(Cl)c3)c2c1. The van der Waals surface area contributed by atoms with Crippen molar-refractivity contribution in [3.05, 3.63) is 59.5 Å². The van der Waals surface area contributed by atoms with E-state index in [9.17, 15) is 9.50 Å². The summed E-state index contributed by atoms with van der Waals surface area (Å²) in [5.41, 5.74) is 0.625.